The molecule has 0 bridgehead atoms. The second-order valence-electron chi connectivity index (χ2n) is 5.27. The number of carbonyl (C=O) groups is 1. The second kappa shape index (κ2) is 6.10. The number of amides is 1. The number of carbonyl (C=O) groups excluding carboxylic acids is 1. The normalized spacial score (nSPS) is 18.0. The summed E-state index contributed by atoms with van der Waals surface area (Å²) in [6.07, 6.45) is 3.22. The summed E-state index contributed by atoms with van der Waals surface area (Å²) in [4.78, 5) is 26.6. The van der Waals surface area contributed by atoms with E-state index in [2.05, 4.69) is 10.3 Å². The molecule has 110 valence electrons. The van der Waals surface area contributed by atoms with Crippen LogP contribution in [-0.2, 0) is 4.74 Å². The molecule has 1 aromatic carbocycles. The van der Waals surface area contributed by atoms with Crippen molar-refractivity contribution >= 4 is 16.8 Å². The zero-order valence-electron chi connectivity index (χ0n) is 11.7. The molecule has 2 N–H and O–H groups in total. The second-order valence-corrected chi connectivity index (χ2v) is 5.27. The highest BCUT2D eigenvalue weighted by Crippen LogP contribution is 2.16. The van der Waals surface area contributed by atoms with E-state index in [1.807, 2.05) is 18.2 Å². The van der Waals surface area contributed by atoms with Crippen molar-refractivity contribution in [2.24, 2.45) is 0 Å². The van der Waals surface area contributed by atoms with Crippen molar-refractivity contribution in [1.82, 2.24) is 10.3 Å². The number of aromatic nitrogens is 1. The van der Waals surface area contributed by atoms with Gasteiger partial charge in [0.2, 0.25) is 5.56 Å². The van der Waals surface area contributed by atoms with Gasteiger partial charge in [0.25, 0.3) is 5.91 Å². The lowest BCUT2D eigenvalue weighted by Gasteiger charge is -2.11. The Morgan fingerprint density at radius 2 is 2.24 bits per heavy atom. The molecule has 1 amide bonds. The monoisotopic (exact) mass is 286 g/mol. The van der Waals surface area contributed by atoms with Crippen LogP contribution in [0, 0.1) is 0 Å². The minimum atomic E-state index is -0.266. The summed E-state index contributed by atoms with van der Waals surface area (Å²) in [5, 5.41) is 3.63. The van der Waals surface area contributed by atoms with Gasteiger partial charge in [-0.3, -0.25) is 9.59 Å². The molecule has 1 fully saturated rings. The number of para-hydroxylation sites is 1. The molecule has 5 nitrogen and oxygen atoms in total. The zero-order chi connectivity index (χ0) is 14.7. The van der Waals surface area contributed by atoms with E-state index < -0.39 is 0 Å². The Labute approximate surface area is 122 Å². The van der Waals surface area contributed by atoms with Crippen LogP contribution < -0.4 is 10.9 Å². The van der Waals surface area contributed by atoms with Crippen molar-refractivity contribution in [3.63, 3.8) is 0 Å². The molecule has 0 radical (unpaired) electrons. The zero-order valence-corrected chi connectivity index (χ0v) is 11.7. The van der Waals surface area contributed by atoms with Crippen LogP contribution in [-0.4, -0.2) is 30.1 Å². The molecule has 0 aliphatic carbocycles. The quantitative estimate of drug-likeness (QED) is 0.900. The highest BCUT2D eigenvalue weighted by Gasteiger charge is 2.16. The first-order valence-corrected chi connectivity index (χ1v) is 7.26. The van der Waals surface area contributed by atoms with E-state index in [0.717, 1.165) is 31.3 Å². The first-order chi connectivity index (χ1) is 10.2. The number of hydrogen-bond acceptors (Lipinski definition) is 3. The van der Waals surface area contributed by atoms with E-state index in [0.29, 0.717) is 17.6 Å². The number of nitrogens with one attached hydrogen (secondary N) is 2. The van der Waals surface area contributed by atoms with Gasteiger partial charge in [-0.1, -0.05) is 18.2 Å². The summed E-state index contributed by atoms with van der Waals surface area (Å²) in [6, 6.07) is 8.66. The van der Waals surface area contributed by atoms with E-state index in [1.165, 1.54) is 6.07 Å². The molecule has 2 aromatic rings. The van der Waals surface area contributed by atoms with Crippen molar-refractivity contribution in [2.45, 2.75) is 25.4 Å². The number of H-pyrrole nitrogens is 1. The Balaban J connectivity index is 1.73. The van der Waals surface area contributed by atoms with E-state index in [-0.39, 0.29) is 17.6 Å². The number of aromatic amines is 1. The topological polar surface area (TPSA) is 71.2 Å². The first-order valence-electron chi connectivity index (χ1n) is 7.26. The van der Waals surface area contributed by atoms with Gasteiger partial charge in [-0.2, -0.15) is 0 Å². The van der Waals surface area contributed by atoms with Crippen molar-refractivity contribution in [3.8, 4) is 0 Å². The van der Waals surface area contributed by atoms with E-state index in [1.54, 1.807) is 6.07 Å². The summed E-state index contributed by atoms with van der Waals surface area (Å²) in [5.41, 5.74) is 0.828. The molecule has 2 heterocycles. The molecule has 3 rings (SSSR count). The molecular weight excluding hydrogens is 268 g/mol. The Morgan fingerprint density at radius 3 is 3.05 bits per heavy atom. The standard InChI is InChI=1S/C16H18N2O3/c19-15-10-13(12-5-1-2-6-14(12)18-15)16(20)17-8-7-11-4-3-9-21-11/h1-2,5-6,10-11H,3-4,7-9H2,(H,17,20)(H,18,19). The predicted octanol–water partition coefficient (Wildman–Crippen LogP) is 1.83. The van der Waals surface area contributed by atoms with Crippen LogP contribution in [0.4, 0.5) is 0 Å². The Morgan fingerprint density at radius 1 is 1.38 bits per heavy atom. The molecular formula is C16H18N2O3. The number of hydrogen-bond donors (Lipinski definition) is 2. The number of ether oxygens (including phenoxy) is 1. The highest BCUT2D eigenvalue weighted by molar-refractivity contribution is 6.05. The van der Waals surface area contributed by atoms with Crippen molar-refractivity contribution in [1.29, 1.82) is 0 Å². The lowest BCUT2D eigenvalue weighted by molar-refractivity contribution is 0.0908. The van der Waals surface area contributed by atoms with Crippen LogP contribution in [0.2, 0.25) is 0 Å². The van der Waals surface area contributed by atoms with E-state index in [4.69, 9.17) is 4.74 Å². The van der Waals surface area contributed by atoms with Gasteiger partial charge in [-0.15, -0.1) is 0 Å². The van der Waals surface area contributed by atoms with Gasteiger partial charge >= 0.3 is 0 Å². The highest BCUT2D eigenvalue weighted by atomic mass is 16.5. The third-order valence-corrected chi connectivity index (χ3v) is 3.77. The third-order valence-electron chi connectivity index (χ3n) is 3.77. The molecule has 1 aliphatic heterocycles. The molecule has 1 saturated heterocycles. The lowest BCUT2D eigenvalue weighted by Crippen LogP contribution is -2.28. The van der Waals surface area contributed by atoms with E-state index >= 15 is 0 Å². The van der Waals surface area contributed by atoms with E-state index in [9.17, 15) is 9.59 Å². The summed E-state index contributed by atoms with van der Waals surface area (Å²) in [5.74, 6) is -0.213. The molecule has 5 heteroatoms. The molecule has 0 spiro atoms. The third kappa shape index (κ3) is 3.13. The fourth-order valence-electron chi connectivity index (χ4n) is 2.71. The molecule has 1 aliphatic rings. The first kappa shape index (κ1) is 13.8. The predicted molar refractivity (Wildman–Crippen MR) is 80.5 cm³/mol. The van der Waals surface area contributed by atoms with Gasteiger partial charge in [0, 0.05) is 30.1 Å². The van der Waals surface area contributed by atoms with Crippen LogP contribution in [0.5, 0.6) is 0 Å². The average Bonchev–Trinajstić information content (AvgIpc) is 2.99. The molecule has 1 atom stereocenters. The van der Waals surface area contributed by atoms with Crippen LogP contribution in [0.1, 0.15) is 29.6 Å². The maximum atomic E-state index is 12.3. The van der Waals surface area contributed by atoms with Gasteiger partial charge in [-0.05, 0) is 25.3 Å². The summed E-state index contributed by atoms with van der Waals surface area (Å²) in [7, 11) is 0. The summed E-state index contributed by atoms with van der Waals surface area (Å²) >= 11 is 0. The van der Waals surface area contributed by atoms with Crippen LogP contribution >= 0.6 is 0 Å². The van der Waals surface area contributed by atoms with Crippen LogP contribution in [0.25, 0.3) is 10.9 Å². The Hall–Kier alpha value is -2.14. The molecule has 0 saturated carbocycles. The number of fused-ring (bicyclic) bond motifs is 1. The maximum absolute atomic E-state index is 12.3. The van der Waals surface area contributed by atoms with Crippen LogP contribution in [0.15, 0.2) is 35.1 Å². The smallest absolute Gasteiger partial charge is 0.252 e. The molecule has 1 aromatic heterocycles. The largest absolute Gasteiger partial charge is 0.378 e. The fourth-order valence-corrected chi connectivity index (χ4v) is 2.71. The minimum Gasteiger partial charge on any atom is -0.378 e. The van der Waals surface area contributed by atoms with Crippen molar-refractivity contribution < 1.29 is 9.53 Å². The summed E-state index contributed by atoms with van der Waals surface area (Å²) < 4.78 is 5.52. The van der Waals surface area contributed by atoms with Gasteiger partial charge < -0.3 is 15.0 Å². The molecule has 1 unspecified atom stereocenters. The minimum absolute atomic E-state index is 0.213. The fraction of sp³-hybridized carbons (Fsp3) is 0.375. The average molecular weight is 286 g/mol. The SMILES string of the molecule is O=C(NCCC1CCCO1)c1cc(=O)[nH]c2ccccc12. The van der Waals surface area contributed by atoms with Crippen molar-refractivity contribution in [2.75, 3.05) is 13.2 Å². The van der Waals surface area contributed by atoms with Crippen LogP contribution in [0.3, 0.4) is 0 Å². The maximum Gasteiger partial charge on any atom is 0.252 e. The summed E-state index contributed by atoms with van der Waals surface area (Å²) in [6.45, 7) is 1.38. The number of pyridine rings is 1. The lowest BCUT2D eigenvalue weighted by atomic mass is 10.1. The number of benzene rings is 1. The Bertz CT molecular complexity index is 702. The van der Waals surface area contributed by atoms with Gasteiger partial charge in [0.15, 0.2) is 0 Å². The Kier molecular flexibility index (Phi) is 4.01. The van der Waals surface area contributed by atoms with Crippen molar-refractivity contribution in [3.05, 3.63) is 46.2 Å². The number of rotatable bonds is 4. The van der Waals surface area contributed by atoms with Gasteiger partial charge in [0.1, 0.15) is 0 Å². The van der Waals surface area contributed by atoms with Gasteiger partial charge in [-0.25, -0.2) is 0 Å². The van der Waals surface area contributed by atoms with Gasteiger partial charge in [0.05, 0.1) is 11.7 Å². The molecule has 21 heavy (non-hydrogen) atoms.